The second kappa shape index (κ2) is 8.14. The van der Waals surface area contributed by atoms with E-state index in [4.69, 9.17) is 9.26 Å². The lowest BCUT2D eigenvalue weighted by molar-refractivity contribution is -0.121. The van der Waals surface area contributed by atoms with E-state index in [1.54, 1.807) is 25.1 Å². The largest absolute Gasteiger partial charge is 0.465 e. The summed E-state index contributed by atoms with van der Waals surface area (Å²) >= 11 is 0. The average Bonchev–Trinajstić information content (AvgIpc) is 3.07. The minimum absolute atomic E-state index is 0.000353. The molecule has 2 heterocycles. The maximum atomic E-state index is 12.3. The zero-order chi connectivity index (χ0) is 18.5. The maximum Gasteiger partial charge on any atom is 0.337 e. The van der Waals surface area contributed by atoms with E-state index in [-0.39, 0.29) is 17.8 Å². The van der Waals surface area contributed by atoms with Crippen molar-refractivity contribution in [1.29, 1.82) is 0 Å². The number of nitrogens with one attached hydrogen (secondary N) is 1. The number of likely N-dealkylation sites (tertiary alicyclic amines) is 1. The molecule has 0 unspecified atom stereocenters. The molecule has 3 rings (SSSR count). The standard InChI is InChI=1S/C19H23N3O4/c1-13-11-17(21-26-13)20-18(23)15-7-9-22(10-8-15)12-14-3-5-16(6-4-14)19(24)25-2/h3-6,11,15H,7-10,12H2,1-2H3,(H,20,21,23). The first kappa shape index (κ1) is 18.1. The van der Waals surface area contributed by atoms with E-state index in [1.165, 1.54) is 7.11 Å². The van der Waals surface area contributed by atoms with Gasteiger partial charge in [-0.05, 0) is 50.6 Å². The van der Waals surface area contributed by atoms with Gasteiger partial charge in [0, 0.05) is 18.5 Å². The number of esters is 1. The molecule has 0 saturated carbocycles. The lowest BCUT2D eigenvalue weighted by atomic mass is 9.95. The molecule has 1 aromatic carbocycles. The number of hydrogen-bond donors (Lipinski definition) is 1. The number of anilines is 1. The van der Waals surface area contributed by atoms with Crippen molar-refractivity contribution in [3.05, 3.63) is 47.2 Å². The number of hydrogen-bond acceptors (Lipinski definition) is 6. The third-order valence-electron chi connectivity index (χ3n) is 4.62. The van der Waals surface area contributed by atoms with Gasteiger partial charge in [-0.3, -0.25) is 9.69 Å². The quantitative estimate of drug-likeness (QED) is 0.828. The van der Waals surface area contributed by atoms with E-state index in [9.17, 15) is 9.59 Å². The van der Waals surface area contributed by atoms with E-state index >= 15 is 0 Å². The summed E-state index contributed by atoms with van der Waals surface area (Å²) in [5, 5.41) is 6.61. The first-order valence-electron chi connectivity index (χ1n) is 8.69. The molecule has 1 saturated heterocycles. The van der Waals surface area contributed by atoms with Crippen molar-refractivity contribution in [3.8, 4) is 0 Å². The van der Waals surface area contributed by atoms with E-state index in [1.807, 2.05) is 12.1 Å². The van der Waals surface area contributed by atoms with Gasteiger partial charge >= 0.3 is 5.97 Å². The molecule has 2 aromatic rings. The zero-order valence-electron chi connectivity index (χ0n) is 15.0. The fraction of sp³-hybridized carbons (Fsp3) is 0.421. The number of nitrogens with zero attached hydrogens (tertiary/aromatic N) is 2. The van der Waals surface area contributed by atoms with Crippen molar-refractivity contribution in [2.45, 2.75) is 26.3 Å². The van der Waals surface area contributed by atoms with Crippen LogP contribution in [0.2, 0.25) is 0 Å². The molecular formula is C19H23N3O4. The number of aromatic nitrogens is 1. The predicted molar refractivity (Wildman–Crippen MR) is 95.7 cm³/mol. The fourth-order valence-electron chi connectivity index (χ4n) is 3.13. The van der Waals surface area contributed by atoms with Gasteiger partial charge in [-0.2, -0.15) is 0 Å². The monoisotopic (exact) mass is 357 g/mol. The van der Waals surface area contributed by atoms with Gasteiger partial charge in [-0.1, -0.05) is 17.3 Å². The van der Waals surface area contributed by atoms with Gasteiger partial charge in [0.1, 0.15) is 5.76 Å². The minimum atomic E-state index is -0.328. The van der Waals surface area contributed by atoms with Gasteiger partial charge in [-0.15, -0.1) is 0 Å². The molecule has 7 heteroatoms. The van der Waals surface area contributed by atoms with Gasteiger partial charge in [0.05, 0.1) is 12.7 Å². The first-order valence-corrected chi connectivity index (χ1v) is 8.69. The zero-order valence-corrected chi connectivity index (χ0v) is 15.0. The molecule has 0 aliphatic carbocycles. The lowest BCUT2D eigenvalue weighted by Crippen LogP contribution is -2.37. The molecule has 26 heavy (non-hydrogen) atoms. The normalized spacial score (nSPS) is 15.6. The molecule has 0 spiro atoms. The Kier molecular flexibility index (Phi) is 5.68. The molecule has 0 atom stereocenters. The van der Waals surface area contributed by atoms with Gasteiger partial charge < -0.3 is 14.6 Å². The Labute approximate surface area is 152 Å². The van der Waals surface area contributed by atoms with E-state index in [0.717, 1.165) is 38.0 Å². The lowest BCUT2D eigenvalue weighted by Gasteiger charge is -2.31. The number of carbonyl (C=O) groups is 2. The van der Waals surface area contributed by atoms with Crippen LogP contribution >= 0.6 is 0 Å². The van der Waals surface area contributed by atoms with E-state index in [2.05, 4.69) is 15.4 Å². The number of aryl methyl sites for hydroxylation is 1. The third-order valence-corrected chi connectivity index (χ3v) is 4.62. The van der Waals surface area contributed by atoms with Crippen molar-refractivity contribution >= 4 is 17.7 Å². The van der Waals surface area contributed by atoms with Crippen molar-refractivity contribution in [2.24, 2.45) is 5.92 Å². The Morgan fingerprint density at radius 2 is 1.96 bits per heavy atom. The molecule has 0 radical (unpaired) electrons. The number of ether oxygens (including phenoxy) is 1. The van der Waals surface area contributed by atoms with Crippen LogP contribution in [0.1, 0.15) is 34.5 Å². The van der Waals surface area contributed by atoms with Crippen molar-refractivity contribution < 1.29 is 18.8 Å². The van der Waals surface area contributed by atoms with Crippen LogP contribution in [0.5, 0.6) is 0 Å². The summed E-state index contributed by atoms with van der Waals surface area (Å²) in [4.78, 5) is 26.1. The van der Waals surface area contributed by atoms with E-state index < -0.39 is 0 Å². The number of methoxy groups -OCH3 is 1. The van der Waals surface area contributed by atoms with Crippen molar-refractivity contribution in [1.82, 2.24) is 10.1 Å². The molecule has 1 fully saturated rings. The molecule has 7 nitrogen and oxygen atoms in total. The van der Waals surface area contributed by atoms with Crippen LogP contribution in [0.3, 0.4) is 0 Å². The SMILES string of the molecule is COC(=O)c1ccc(CN2CCC(C(=O)Nc3cc(C)on3)CC2)cc1. The summed E-state index contributed by atoms with van der Waals surface area (Å²) in [5.74, 6) is 0.810. The first-order chi connectivity index (χ1) is 12.5. The molecule has 0 bridgehead atoms. The summed E-state index contributed by atoms with van der Waals surface area (Å²) in [5.41, 5.74) is 1.69. The van der Waals surface area contributed by atoms with E-state index in [0.29, 0.717) is 17.1 Å². The molecule has 1 aliphatic heterocycles. The molecule has 1 N–H and O–H groups in total. The highest BCUT2D eigenvalue weighted by Crippen LogP contribution is 2.21. The Bertz CT molecular complexity index is 761. The Morgan fingerprint density at radius 3 is 2.54 bits per heavy atom. The summed E-state index contributed by atoms with van der Waals surface area (Å²) in [6, 6.07) is 9.16. The maximum absolute atomic E-state index is 12.3. The number of benzene rings is 1. The third kappa shape index (κ3) is 4.49. The van der Waals surface area contributed by atoms with Crippen LogP contribution in [0.4, 0.5) is 5.82 Å². The van der Waals surface area contributed by atoms with Gasteiger partial charge in [0.2, 0.25) is 5.91 Å². The molecule has 1 aromatic heterocycles. The number of rotatable bonds is 5. The van der Waals surface area contributed by atoms with Crippen LogP contribution in [0.25, 0.3) is 0 Å². The topological polar surface area (TPSA) is 84.7 Å². The van der Waals surface area contributed by atoms with Crippen LogP contribution in [0, 0.1) is 12.8 Å². The second-order valence-electron chi connectivity index (χ2n) is 6.55. The number of amides is 1. The fourth-order valence-corrected chi connectivity index (χ4v) is 3.13. The summed E-state index contributed by atoms with van der Waals surface area (Å²) in [6.45, 7) is 4.31. The average molecular weight is 357 g/mol. The Morgan fingerprint density at radius 1 is 1.27 bits per heavy atom. The minimum Gasteiger partial charge on any atom is -0.465 e. The summed E-state index contributed by atoms with van der Waals surface area (Å²) < 4.78 is 9.67. The molecule has 138 valence electrons. The highest BCUT2D eigenvalue weighted by Gasteiger charge is 2.25. The Balaban J connectivity index is 1.47. The Hall–Kier alpha value is -2.67. The predicted octanol–water partition coefficient (Wildman–Crippen LogP) is 2.62. The van der Waals surface area contributed by atoms with Crippen LogP contribution in [0.15, 0.2) is 34.9 Å². The van der Waals surface area contributed by atoms with Gasteiger partial charge in [0.25, 0.3) is 0 Å². The second-order valence-corrected chi connectivity index (χ2v) is 6.55. The highest BCUT2D eigenvalue weighted by molar-refractivity contribution is 5.91. The summed E-state index contributed by atoms with van der Waals surface area (Å²) in [7, 11) is 1.38. The van der Waals surface area contributed by atoms with Crippen molar-refractivity contribution in [3.63, 3.8) is 0 Å². The number of carbonyl (C=O) groups excluding carboxylic acids is 2. The molecular weight excluding hydrogens is 334 g/mol. The molecule has 1 aliphatic rings. The van der Waals surface area contributed by atoms with Crippen molar-refractivity contribution in [2.75, 3.05) is 25.5 Å². The highest BCUT2D eigenvalue weighted by atomic mass is 16.5. The van der Waals surface area contributed by atoms with Crippen LogP contribution in [-0.2, 0) is 16.1 Å². The number of piperidine rings is 1. The van der Waals surface area contributed by atoms with Crippen LogP contribution < -0.4 is 5.32 Å². The van der Waals surface area contributed by atoms with Gasteiger partial charge in [-0.25, -0.2) is 4.79 Å². The molecule has 1 amide bonds. The van der Waals surface area contributed by atoms with Crippen LogP contribution in [-0.4, -0.2) is 42.1 Å². The smallest absolute Gasteiger partial charge is 0.337 e. The summed E-state index contributed by atoms with van der Waals surface area (Å²) in [6.07, 6.45) is 1.62. The van der Waals surface area contributed by atoms with Gasteiger partial charge in [0.15, 0.2) is 5.82 Å².